The zero-order valence-electron chi connectivity index (χ0n) is 12.1. The lowest BCUT2D eigenvalue weighted by Gasteiger charge is -2.06. The lowest BCUT2D eigenvalue weighted by molar-refractivity contribution is 0.520. The Labute approximate surface area is 111 Å². The summed E-state index contributed by atoms with van der Waals surface area (Å²) in [7, 11) is 1.94. The van der Waals surface area contributed by atoms with Gasteiger partial charge in [0.1, 0.15) is 11.8 Å². The SMILES string of the molecule is Cc1c(CNCCCCC(C)C)cc(C#N)n1C. The van der Waals surface area contributed by atoms with Crippen LogP contribution in [0.4, 0.5) is 0 Å². The van der Waals surface area contributed by atoms with Crippen molar-refractivity contribution in [2.45, 2.75) is 46.6 Å². The van der Waals surface area contributed by atoms with Gasteiger partial charge in [0.2, 0.25) is 0 Å². The summed E-state index contributed by atoms with van der Waals surface area (Å²) in [6.07, 6.45) is 3.83. The van der Waals surface area contributed by atoms with E-state index >= 15 is 0 Å². The molecule has 0 fully saturated rings. The molecule has 0 saturated carbocycles. The number of rotatable bonds is 7. The number of hydrogen-bond acceptors (Lipinski definition) is 2. The molecule has 18 heavy (non-hydrogen) atoms. The second-order valence-electron chi connectivity index (χ2n) is 5.38. The van der Waals surface area contributed by atoms with E-state index in [0.29, 0.717) is 0 Å². The highest BCUT2D eigenvalue weighted by Crippen LogP contribution is 2.13. The van der Waals surface area contributed by atoms with E-state index in [1.165, 1.54) is 30.5 Å². The van der Waals surface area contributed by atoms with Gasteiger partial charge >= 0.3 is 0 Å². The summed E-state index contributed by atoms with van der Waals surface area (Å²) >= 11 is 0. The molecule has 3 nitrogen and oxygen atoms in total. The molecule has 0 saturated heterocycles. The number of nitriles is 1. The molecule has 3 heteroatoms. The molecule has 0 radical (unpaired) electrons. The maximum atomic E-state index is 8.96. The molecule has 0 aliphatic carbocycles. The van der Waals surface area contributed by atoms with E-state index in [-0.39, 0.29) is 0 Å². The monoisotopic (exact) mass is 247 g/mol. The zero-order valence-corrected chi connectivity index (χ0v) is 12.1. The van der Waals surface area contributed by atoms with Gasteiger partial charge < -0.3 is 9.88 Å². The molecule has 0 aliphatic rings. The molecule has 0 aromatic carbocycles. The van der Waals surface area contributed by atoms with Crippen molar-refractivity contribution in [1.29, 1.82) is 5.26 Å². The van der Waals surface area contributed by atoms with Gasteiger partial charge in [-0.1, -0.05) is 26.7 Å². The minimum Gasteiger partial charge on any atom is -0.340 e. The highest BCUT2D eigenvalue weighted by atomic mass is 15.0. The third-order valence-corrected chi connectivity index (χ3v) is 3.46. The lowest BCUT2D eigenvalue weighted by Crippen LogP contribution is -2.15. The highest BCUT2D eigenvalue weighted by Gasteiger charge is 2.07. The van der Waals surface area contributed by atoms with Gasteiger partial charge in [-0.3, -0.25) is 0 Å². The van der Waals surface area contributed by atoms with Crippen LogP contribution in [0.5, 0.6) is 0 Å². The van der Waals surface area contributed by atoms with Crippen LogP contribution in [0, 0.1) is 24.2 Å². The van der Waals surface area contributed by atoms with Crippen molar-refractivity contribution in [1.82, 2.24) is 9.88 Å². The van der Waals surface area contributed by atoms with Crippen LogP contribution in [-0.4, -0.2) is 11.1 Å². The first-order valence-corrected chi connectivity index (χ1v) is 6.82. The Morgan fingerprint density at radius 1 is 1.39 bits per heavy atom. The predicted molar refractivity (Wildman–Crippen MR) is 75.3 cm³/mol. The van der Waals surface area contributed by atoms with E-state index in [1.54, 1.807) is 0 Å². The molecule has 0 bridgehead atoms. The fraction of sp³-hybridized carbons (Fsp3) is 0.667. The minimum absolute atomic E-state index is 0.740. The largest absolute Gasteiger partial charge is 0.340 e. The van der Waals surface area contributed by atoms with Crippen LogP contribution in [0.15, 0.2) is 6.07 Å². The Bertz CT molecular complexity index is 410. The topological polar surface area (TPSA) is 40.8 Å². The third kappa shape index (κ3) is 4.19. The Balaban J connectivity index is 2.30. The van der Waals surface area contributed by atoms with E-state index in [4.69, 9.17) is 5.26 Å². The summed E-state index contributed by atoms with van der Waals surface area (Å²) in [6.45, 7) is 8.52. The molecule has 1 heterocycles. The van der Waals surface area contributed by atoms with Gasteiger partial charge in [0.25, 0.3) is 0 Å². The standard InChI is InChI=1S/C15H25N3/c1-12(2)7-5-6-8-17-11-14-9-15(10-16)18(4)13(14)3/h9,12,17H,5-8,11H2,1-4H3. The first-order valence-electron chi connectivity index (χ1n) is 6.82. The van der Waals surface area contributed by atoms with Gasteiger partial charge in [-0.05, 0) is 37.4 Å². The molecule has 1 aromatic rings. The van der Waals surface area contributed by atoms with E-state index in [0.717, 1.165) is 24.7 Å². The molecule has 1 rings (SSSR count). The smallest absolute Gasteiger partial charge is 0.120 e. The normalized spacial score (nSPS) is 10.9. The van der Waals surface area contributed by atoms with Crippen molar-refractivity contribution in [3.63, 3.8) is 0 Å². The number of unbranched alkanes of at least 4 members (excludes halogenated alkanes) is 1. The van der Waals surface area contributed by atoms with Crippen LogP contribution in [0.3, 0.4) is 0 Å². The fourth-order valence-electron chi connectivity index (χ4n) is 2.07. The van der Waals surface area contributed by atoms with Gasteiger partial charge in [-0.25, -0.2) is 0 Å². The quantitative estimate of drug-likeness (QED) is 0.752. The van der Waals surface area contributed by atoms with E-state index in [9.17, 15) is 0 Å². The van der Waals surface area contributed by atoms with Crippen LogP contribution >= 0.6 is 0 Å². The predicted octanol–water partition coefficient (Wildman–Crippen LogP) is 3.12. The average molecular weight is 247 g/mol. The molecule has 0 unspecified atom stereocenters. The molecular weight excluding hydrogens is 222 g/mol. The van der Waals surface area contributed by atoms with Crippen molar-refractivity contribution in [3.8, 4) is 6.07 Å². The number of nitrogens with one attached hydrogen (secondary N) is 1. The Morgan fingerprint density at radius 3 is 2.67 bits per heavy atom. The second-order valence-corrected chi connectivity index (χ2v) is 5.38. The second kappa shape index (κ2) is 7.23. The summed E-state index contributed by atoms with van der Waals surface area (Å²) in [5, 5.41) is 12.4. The van der Waals surface area contributed by atoms with Gasteiger partial charge in [0.05, 0.1) is 0 Å². The van der Waals surface area contributed by atoms with E-state index in [1.807, 2.05) is 17.7 Å². The van der Waals surface area contributed by atoms with Crippen molar-refractivity contribution >= 4 is 0 Å². The lowest BCUT2D eigenvalue weighted by atomic mass is 10.1. The first kappa shape index (κ1) is 14.8. The molecule has 0 aliphatic heterocycles. The van der Waals surface area contributed by atoms with E-state index in [2.05, 4.69) is 32.2 Å². The van der Waals surface area contributed by atoms with E-state index < -0.39 is 0 Å². The molecule has 100 valence electrons. The minimum atomic E-state index is 0.740. The summed E-state index contributed by atoms with van der Waals surface area (Å²) in [4.78, 5) is 0. The zero-order chi connectivity index (χ0) is 13.5. The van der Waals surface area contributed by atoms with Crippen LogP contribution in [0.1, 0.15) is 50.1 Å². The number of aromatic nitrogens is 1. The maximum Gasteiger partial charge on any atom is 0.120 e. The molecule has 1 aromatic heterocycles. The number of hydrogen-bond donors (Lipinski definition) is 1. The van der Waals surface area contributed by atoms with Crippen LogP contribution in [0.25, 0.3) is 0 Å². The van der Waals surface area contributed by atoms with Crippen molar-refractivity contribution in [2.75, 3.05) is 6.54 Å². The Kier molecular flexibility index (Phi) is 5.94. The highest BCUT2D eigenvalue weighted by molar-refractivity contribution is 5.33. The van der Waals surface area contributed by atoms with Gasteiger partial charge in [0, 0.05) is 19.3 Å². The summed E-state index contributed by atoms with van der Waals surface area (Å²) < 4.78 is 1.95. The molecule has 1 N–H and O–H groups in total. The van der Waals surface area contributed by atoms with Crippen molar-refractivity contribution in [2.24, 2.45) is 13.0 Å². The van der Waals surface area contributed by atoms with Crippen LogP contribution < -0.4 is 5.32 Å². The van der Waals surface area contributed by atoms with Crippen LogP contribution in [0.2, 0.25) is 0 Å². The number of nitrogens with zero attached hydrogens (tertiary/aromatic N) is 2. The summed E-state index contributed by atoms with van der Waals surface area (Å²) in [5.41, 5.74) is 3.16. The Hall–Kier alpha value is -1.27. The van der Waals surface area contributed by atoms with Gasteiger partial charge in [0.15, 0.2) is 0 Å². The molecule has 0 atom stereocenters. The third-order valence-electron chi connectivity index (χ3n) is 3.46. The first-order chi connectivity index (χ1) is 8.56. The maximum absolute atomic E-state index is 8.96. The fourth-order valence-corrected chi connectivity index (χ4v) is 2.07. The van der Waals surface area contributed by atoms with Crippen LogP contribution in [-0.2, 0) is 13.6 Å². The van der Waals surface area contributed by atoms with Crippen molar-refractivity contribution in [3.05, 3.63) is 23.0 Å². The van der Waals surface area contributed by atoms with Crippen molar-refractivity contribution < 1.29 is 0 Å². The summed E-state index contributed by atoms with van der Waals surface area (Å²) in [5.74, 6) is 0.805. The average Bonchev–Trinajstić information content (AvgIpc) is 2.60. The molecule has 0 spiro atoms. The summed E-state index contributed by atoms with van der Waals surface area (Å²) in [6, 6.07) is 4.20. The molecular formula is C15H25N3. The van der Waals surface area contributed by atoms with Gasteiger partial charge in [-0.2, -0.15) is 5.26 Å². The Morgan fingerprint density at radius 2 is 2.11 bits per heavy atom. The molecule has 0 amide bonds. The van der Waals surface area contributed by atoms with Gasteiger partial charge in [-0.15, -0.1) is 0 Å².